The molecule has 1 saturated heterocycles. The summed E-state index contributed by atoms with van der Waals surface area (Å²) < 4.78 is -1.46. The molecule has 6 heteroatoms. The van der Waals surface area contributed by atoms with Crippen LogP contribution in [0.5, 0.6) is 0 Å². The Kier molecular flexibility index (Phi) is 3.71. The number of carbonyl (C=O) groups excluding carboxylic acids is 3. The van der Waals surface area contributed by atoms with E-state index in [1.807, 2.05) is 30.3 Å². The van der Waals surface area contributed by atoms with Gasteiger partial charge in [-0.15, -0.1) is 0 Å². The maximum absolute atomic E-state index is 12.3. The molecule has 0 aliphatic carbocycles. The van der Waals surface area contributed by atoms with Crippen LogP contribution in [0.3, 0.4) is 0 Å². The summed E-state index contributed by atoms with van der Waals surface area (Å²) in [4.78, 5) is 36.6. The lowest BCUT2D eigenvalue weighted by Crippen LogP contribution is -2.47. The van der Waals surface area contributed by atoms with Crippen LogP contribution in [0.25, 0.3) is 0 Å². The summed E-state index contributed by atoms with van der Waals surface area (Å²) in [5.41, 5.74) is 0.958. The number of benzene rings is 1. The van der Waals surface area contributed by atoms with Gasteiger partial charge in [-0.2, -0.15) is 0 Å². The SMILES string of the molecule is CN(Cc1ccccc1)C(=O)C1(Br)CC(=O)NC1=O. The van der Waals surface area contributed by atoms with Crippen molar-refractivity contribution in [3.63, 3.8) is 0 Å². The molecule has 1 aromatic carbocycles. The van der Waals surface area contributed by atoms with Gasteiger partial charge in [-0.25, -0.2) is 0 Å². The van der Waals surface area contributed by atoms with E-state index in [1.165, 1.54) is 4.90 Å². The second-order valence-electron chi connectivity index (χ2n) is 4.50. The summed E-state index contributed by atoms with van der Waals surface area (Å²) in [5, 5.41) is 2.13. The number of carbonyl (C=O) groups is 3. The summed E-state index contributed by atoms with van der Waals surface area (Å²) in [5.74, 6) is -1.45. The molecule has 1 aliphatic rings. The maximum atomic E-state index is 12.3. The first-order valence-corrected chi connectivity index (χ1v) is 6.55. The Labute approximate surface area is 119 Å². The normalized spacial score (nSPS) is 22.2. The fraction of sp³-hybridized carbons (Fsp3) is 0.308. The number of amides is 3. The molecule has 100 valence electrons. The molecule has 2 rings (SSSR count). The minimum absolute atomic E-state index is 0.163. The molecular weight excluding hydrogens is 312 g/mol. The molecule has 5 nitrogen and oxygen atoms in total. The summed E-state index contributed by atoms with van der Waals surface area (Å²) in [6.07, 6.45) is -0.163. The predicted molar refractivity (Wildman–Crippen MR) is 72.3 cm³/mol. The largest absolute Gasteiger partial charge is 0.340 e. The van der Waals surface area contributed by atoms with Crippen LogP contribution >= 0.6 is 15.9 Å². The minimum Gasteiger partial charge on any atom is -0.340 e. The highest BCUT2D eigenvalue weighted by Gasteiger charge is 2.52. The number of hydrogen-bond acceptors (Lipinski definition) is 3. The fourth-order valence-electron chi connectivity index (χ4n) is 1.98. The van der Waals surface area contributed by atoms with Crippen molar-refractivity contribution in [2.75, 3.05) is 7.05 Å². The molecule has 1 aliphatic heterocycles. The Balaban J connectivity index is 2.11. The molecule has 1 atom stereocenters. The number of hydrogen-bond donors (Lipinski definition) is 1. The molecule has 1 heterocycles. The van der Waals surface area contributed by atoms with Crippen LogP contribution in [-0.4, -0.2) is 34.0 Å². The van der Waals surface area contributed by atoms with E-state index in [0.717, 1.165) is 5.56 Å². The van der Waals surface area contributed by atoms with Gasteiger partial charge in [0.25, 0.3) is 5.91 Å². The van der Waals surface area contributed by atoms with E-state index in [0.29, 0.717) is 6.54 Å². The lowest BCUT2D eigenvalue weighted by Gasteiger charge is -2.24. The van der Waals surface area contributed by atoms with Crippen LogP contribution in [-0.2, 0) is 20.9 Å². The van der Waals surface area contributed by atoms with Crippen LogP contribution in [0.2, 0.25) is 0 Å². The molecule has 3 amide bonds. The van der Waals surface area contributed by atoms with Crippen molar-refractivity contribution in [2.24, 2.45) is 0 Å². The number of rotatable bonds is 3. The summed E-state index contributed by atoms with van der Waals surface area (Å²) >= 11 is 3.11. The summed E-state index contributed by atoms with van der Waals surface area (Å²) in [7, 11) is 1.61. The average Bonchev–Trinajstić information content (AvgIpc) is 2.64. The van der Waals surface area contributed by atoms with E-state index in [1.54, 1.807) is 7.05 Å². The Bertz CT molecular complexity index is 532. The third-order valence-electron chi connectivity index (χ3n) is 2.97. The first-order valence-electron chi connectivity index (χ1n) is 5.76. The highest BCUT2D eigenvalue weighted by atomic mass is 79.9. The zero-order valence-corrected chi connectivity index (χ0v) is 11.9. The van der Waals surface area contributed by atoms with Gasteiger partial charge in [-0.1, -0.05) is 46.3 Å². The van der Waals surface area contributed by atoms with E-state index in [2.05, 4.69) is 21.2 Å². The Morgan fingerprint density at radius 2 is 2.00 bits per heavy atom. The van der Waals surface area contributed by atoms with E-state index in [9.17, 15) is 14.4 Å². The van der Waals surface area contributed by atoms with E-state index >= 15 is 0 Å². The van der Waals surface area contributed by atoms with Crippen LogP contribution in [0, 0.1) is 0 Å². The molecule has 0 spiro atoms. The maximum Gasteiger partial charge on any atom is 0.253 e. The van der Waals surface area contributed by atoms with Crippen molar-refractivity contribution in [3.8, 4) is 0 Å². The summed E-state index contributed by atoms with van der Waals surface area (Å²) in [6, 6.07) is 9.43. The van der Waals surface area contributed by atoms with E-state index in [4.69, 9.17) is 0 Å². The van der Waals surface area contributed by atoms with Gasteiger partial charge in [0.15, 0.2) is 4.32 Å². The molecule has 19 heavy (non-hydrogen) atoms. The third kappa shape index (κ3) is 2.68. The zero-order valence-electron chi connectivity index (χ0n) is 10.4. The smallest absolute Gasteiger partial charge is 0.253 e. The van der Waals surface area contributed by atoms with Crippen molar-refractivity contribution in [1.82, 2.24) is 10.2 Å². The van der Waals surface area contributed by atoms with Gasteiger partial charge in [-0.3, -0.25) is 19.7 Å². The monoisotopic (exact) mass is 324 g/mol. The first kappa shape index (κ1) is 13.7. The van der Waals surface area contributed by atoms with Gasteiger partial charge in [-0.05, 0) is 5.56 Å². The Morgan fingerprint density at radius 1 is 1.37 bits per heavy atom. The van der Waals surface area contributed by atoms with Crippen LogP contribution in [0.4, 0.5) is 0 Å². The fourth-order valence-corrected chi connectivity index (χ4v) is 2.63. The lowest BCUT2D eigenvalue weighted by atomic mass is 10.1. The molecule has 0 aromatic heterocycles. The van der Waals surface area contributed by atoms with Crippen molar-refractivity contribution in [2.45, 2.75) is 17.3 Å². The Morgan fingerprint density at radius 3 is 2.53 bits per heavy atom. The van der Waals surface area contributed by atoms with Gasteiger partial charge in [0.05, 0.1) is 6.42 Å². The van der Waals surface area contributed by atoms with Gasteiger partial charge in [0, 0.05) is 13.6 Å². The number of alkyl halides is 1. The molecule has 1 aromatic rings. The second-order valence-corrected chi connectivity index (χ2v) is 5.86. The number of halogens is 1. The highest BCUT2D eigenvalue weighted by Crippen LogP contribution is 2.30. The van der Waals surface area contributed by atoms with Crippen LogP contribution < -0.4 is 5.32 Å². The molecule has 0 bridgehead atoms. The standard InChI is InChI=1S/C13H13BrN2O3/c1-16(8-9-5-3-2-4-6-9)12(19)13(14)7-10(17)15-11(13)18/h2-6H,7-8H2,1H3,(H,15,17,18). The zero-order chi connectivity index (χ0) is 14.0. The molecule has 0 radical (unpaired) electrons. The van der Waals surface area contributed by atoms with Gasteiger partial charge in [0.2, 0.25) is 11.8 Å². The van der Waals surface area contributed by atoms with E-state index in [-0.39, 0.29) is 6.42 Å². The van der Waals surface area contributed by atoms with Gasteiger partial charge >= 0.3 is 0 Å². The molecule has 1 N–H and O–H groups in total. The van der Waals surface area contributed by atoms with Crippen molar-refractivity contribution in [1.29, 1.82) is 0 Å². The lowest BCUT2D eigenvalue weighted by molar-refractivity contribution is -0.137. The predicted octanol–water partition coefficient (Wildman–Crippen LogP) is 0.825. The van der Waals surface area contributed by atoms with Crippen molar-refractivity contribution < 1.29 is 14.4 Å². The minimum atomic E-state index is -1.46. The highest BCUT2D eigenvalue weighted by molar-refractivity contribution is 9.10. The second kappa shape index (κ2) is 5.13. The van der Waals surface area contributed by atoms with Crippen LogP contribution in [0.15, 0.2) is 30.3 Å². The number of nitrogens with zero attached hydrogens (tertiary/aromatic N) is 1. The summed E-state index contributed by atoms with van der Waals surface area (Å²) in [6.45, 7) is 0.383. The topological polar surface area (TPSA) is 66.5 Å². The molecular formula is C13H13BrN2O3. The molecule has 1 unspecified atom stereocenters. The number of nitrogens with one attached hydrogen (secondary N) is 1. The van der Waals surface area contributed by atoms with E-state index < -0.39 is 22.0 Å². The van der Waals surface area contributed by atoms with Gasteiger partial charge in [0.1, 0.15) is 0 Å². The van der Waals surface area contributed by atoms with Crippen molar-refractivity contribution >= 4 is 33.7 Å². The van der Waals surface area contributed by atoms with Crippen molar-refractivity contribution in [3.05, 3.63) is 35.9 Å². The Hall–Kier alpha value is -1.69. The average molecular weight is 325 g/mol. The molecule has 0 saturated carbocycles. The number of imide groups is 1. The first-order chi connectivity index (χ1) is 8.93. The molecule has 1 fully saturated rings. The third-order valence-corrected chi connectivity index (χ3v) is 3.94. The quantitative estimate of drug-likeness (QED) is 0.508. The van der Waals surface area contributed by atoms with Gasteiger partial charge < -0.3 is 4.90 Å². The van der Waals surface area contributed by atoms with Crippen LogP contribution in [0.1, 0.15) is 12.0 Å².